The monoisotopic (exact) mass is 353 g/mol. The van der Waals surface area contributed by atoms with Crippen molar-refractivity contribution in [1.82, 2.24) is 5.01 Å². The third-order valence-electron chi connectivity index (χ3n) is 3.83. The summed E-state index contributed by atoms with van der Waals surface area (Å²) in [5.41, 5.74) is 1.45. The minimum absolute atomic E-state index is 0.321. The van der Waals surface area contributed by atoms with Crippen molar-refractivity contribution in [2.24, 2.45) is 10.3 Å². The van der Waals surface area contributed by atoms with Gasteiger partial charge in [-0.25, -0.2) is 0 Å². The SMILES string of the molecule is COC(=O)C(C(=O)OC)c1cc(Cl)cc(C)c1N=NN1CCCC1. The van der Waals surface area contributed by atoms with Gasteiger partial charge in [-0.3, -0.25) is 14.6 Å². The molecule has 0 N–H and O–H groups in total. The highest BCUT2D eigenvalue weighted by molar-refractivity contribution is 6.31. The molecule has 1 aromatic carbocycles. The maximum absolute atomic E-state index is 12.1. The smallest absolute Gasteiger partial charge is 0.324 e. The summed E-state index contributed by atoms with van der Waals surface area (Å²) in [6, 6.07) is 3.22. The van der Waals surface area contributed by atoms with Crippen LogP contribution in [0.4, 0.5) is 5.69 Å². The van der Waals surface area contributed by atoms with Gasteiger partial charge in [-0.2, -0.15) is 0 Å². The quantitative estimate of drug-likeness (QED) is 0.461. The van der Waals surface area contributed by atoms with Crippen molar-refractivity contribution in [1.29, 1.82) is 0 Å². The number of halogens is 1. The van der Waals surface area contributed by atoms with E-state index in [1.54, 1.807) is 13.0 Å². The van der Waals surface area contributed by atoms with Crippen LogP contribution in [0.1, 0.15) is 29.9 Å². The van der Waals surface area contributed by atoms with Crippen LogP contribution in [0.3, 0.4) is 0 Å². The highest BCUT2D eigenvalue weighted by Gasteiger charge is 2.33. The number of hydrogen-bond acceptors (Lipinski definition) is 6. The van der Waals surface area contributed by atoms with Gasteiger partial charge in [0, 0.05) is 23.7 Å². The van der Waals surface area contributed by atoms with E-state index in [1.807, 2.05) is 5.01 Å². The highest BCUT2D eigenvalue weighted by Crippen LogP contribution is 2.35. The number of carbonyl (C=O) groups excluding carboxylic acids is 2. The van der Waals surface area contributed by atoms with Crippen LogP contribution in [0.25, 0.3) is 0 Å². The van der Waals surface area contributed by atoms with Gasteiger partial charge in [0.1, 0.15) is 0 Å². The van der Waals surface area contributed by atoms with Gasteiger partial charge in [0.25, 0.3) is 0 Å². The van der Waals surface area contributed by atoms with Crippen molar-refractivity contribution < 1.29 is 19.1 Å². The summed E-state index contributed by atoms with van der Waals surface area (Å²) in [6.07, 6.45) is 2.14. The molecule has 1 aliphatic rings. The summed E-state index contributed by atoms with van der Waals surface area (Å²) in [4.78, 5) is 24.2. The lowest BCUT2D eigenvalue weighted by Gasteiger charge is -2.17. The zero-order valence-corrected chi connectivity index (χ0v) is 14.7. The average Bonchev–Trinajstić information content (AvgIpc) is 3.07. The standard InChI is InChI=1S/C16H20ClN3O4/c1-10-8-11(17)9-12(13(15(21)23-2)16(22)24-3)14(10)18-19-20-6-4-5-7-20/h8-9,13H,4-7H2,1-3H3. The summed E-state index contributed by atoms with van der Waals surface area (Å²) in [7, 11) is 2.42. The van der Waals surface area contributed by atoms with Gasteiger partial charge in [-0.1, -0.05) is 16.8 Å². The molecule has 1 aliphatic heterocycles. The van der Waals surface area contributed by atoms with E-state index >= 15 is 0 Å². The van der Waals surface area contributed by atoms with Crippen LogP contribution in [-0.2, 0) is 19.1 Å². The highest BCUT2D eigenvalue weighted by atomic mass is 35.5. The number of esters is 2. The number of nitrogens with zero attached hydrogens (tertiary/aromatic N) is 3. The predicted molar refractivity (Wildman–Crippen MR) is 88.3 cm³/mol. The van der Waals surface area contributed by atoms with Gasteiger partial charge >= 0.3 is 11.9 Å². The van der Waals surface area contributed by atoms with Gasteiger partial charge in [0.2, 0.25) is 0 Å². The topological polar surface area (TPSA) is 80.6 Å². The van der Waals surface area contributed by atoms with E-state index in [2.05, 4.69) is 10.3 Å². The third kappa shape index (κ3) is 4.03. The second kappa shape index (κ2) is 8.10. The van der Waals surface area contributed by atoms with Gasteiger partial charge in [0.05, 0.1) is 19.9 Å². The second-order valence-corrected chi connectivity index (χ2v) is 5.93. The molecule has 24 heavy (non-hydrogen) atoms. The maximum atomic E-state index is 12.1. The van der Waals surface area contributed by atoms with Crippen LogP contribution in [0, 0.1) is 6.92 Å². The largest absolute Gasteiger partial charge is 0.468 e. The van der Waals surface area contributed by atoms with Crippen LogP contribution in [0.15, 0.2) is 22.5 Å². The van der Waals surface area contributed by atoms with Crippen molar-refractivity contribution in [3.63, 3.8) is 0 Å². The van der Waals surface area contributed by atoms with Crippen molar-refractivity contribution in [2.45, 2.75) is 25.7 Å². The first-order valence-corrected chi connectivity index (χ1v) is 7.98. The molecule has 7 nitrogen and oxygen atoms in total. The van der Waals surface area contributed by atoms with Crippen LogP contribution >= 0.6 is 11.6 Å². The Bertz CT molecular complexity index is 641. The summed E-state index contributed by atoms with van der Waals surface area (Å²) < 4.78 is 9.47. The molecule has 0 aromatic heterocycles. The van der Waals surface area contributed by atoms with Gasteiger partial charge < -0.3 is 9.47 Å². The van der Waals surface area contributed by atoms with Crippen molar-refractivity contribution in [3.05, 3.63) is 28.3 Å². The van der Waals surface area contributed by atoms with E-state index in [9.17, 15) is 9.59 Å². The van der Waals surface area contributed by atoms with Gasteiger partial charge in [-0.05, 0) is 37.5 Å². The molecular weight excluding hydrogens is 334 g/mol. The minimum atomic E-state index is -1.26. The lowest BCUT2D eigenvalue weighted by molar-refractivity contribution is -0.154. The van der Waals surface area contributed by atoms with E-state index in [4.69, 9.17) is 21.1 Å². The van der Waals surface area contributed by atoms with E-state index in [0.29, 0.717) is 21.8 Å². The molecular formula is C16H20ClN3O4. The Labute approximate surface area is 145 Å². The van der Waals surface area contributed by atoms with Gasteiger partial charge in [-0.15, -0.1) is 5.11 Å². The Morgan fingerprint density at radius 1 is 1.17 bits per heavy atom. The Morgan fingerprint density at radius 3 is 2.29 bits per heavy atom. The Morgan fingerprint density at radius 2 is 1.75 bits per heavy atom. The van der Waals surface area contributed by atoms with Crippen LogP contribution < -0.4 is 0 Å². The molecule has 1 heterocycles. The first-order valence-electron chi connectivity index (χ1n) is 7.60. The molecule has 0 bridgehead atoms. The zero-order chi connectivity index (χ0) is 17.7. The van der Waals surface area contributed by atoms with Crippen LogP contribution in [0.2, 0.25) is 5.02 Å². The predicted octanol–water partition coefficient (Wildman–Crippen LogP) is 3.17. The fraction of sp³-hybridized carbons (Fsp3) is 0.500. The normalized spacial score (nSPS) is 14.5. The number of rotatable bonds is 5. The molecule has 1 aromatic rings. The lowest BCUT2D eigenvalue weighted by Crippen LogP contribution is -2.24. The molecule has 0 radical (unpaired) electrons. The Hall–Kier alpha value is -2.15. The number of methoxy groups -OCH3 is 2. The first kappa shape index (κ1) is 18.2. The molecule has 0 amide bonds. The lowest BCUT2D eigenvalue weighted by atomic mass is 9.95. The molecule has 1 saturated heterocycles. The second-order valence-electron chi connectivity index (χ2n) is 5.49. The summed E-state index contributed by atoms with van der Waals surface area (Å²) in [5, 5.41) is 10.7. The summed E-state index contributed by atoms with van der Waals surface area (Å²) in [6.45, 7) is 3.46. The number of aryl methyl sites for hydroxylation is 1. The Balaban J connectivity index is 2.49. The summed E-state index contributed by atoms with van der Waals surface area (Å²) >= 11 is 6.10. The van der Waals surface area contributed by atoms with E-state index in [0.717, 1.165) is 25.9 Å². The minimum Gasteiger partial charge on any atom is -0.468 e. The summed E-state index contributed by atoms with van der Waals surface area (Å²) in [5.74, 6) is -2.73. The van der Waals surface area contributed by atoms with Crippen molar-refractivity contribution in [2.75, 3.05) is 27.3 Å². The number of hydrogen-bond donors (Lipinski definition) is 0. The van der Waals surface area contributed by atoms with E-state index in [-0.39, 0.29) is 0 Å². The van der Waals surface area contributed by atoms with Crippen LogP contribution in [-0.4, -0.2) is 44.3 Å². The molecule has 0 atom stereocenters. The fourth-order valence-electron chi connectivity index (χ4n) is 2.60. The number of benzene rings is 1. The molecule has 2 rings (SSSR count). The molecule has 8 heteroatoms. The zero-order valence-electron chi connectivity index (χ0n) is 13.9. The van der Waals surface area contributed by atoms with Crippen molar-refractivity contribution in [3.8, 4) is 0 Å². The molecule has 0 saturated carbocycles. The number of ether oxygens (including phenoxy) is 2. The maximum Gasteiger partial charge on any atom is 0.324 e. The average molecular weight is 354 g/mol. The Kier molecular flexibility index (Phi) is 6.14. The molecule has 1 fully saturated rings. The molecule has 0 aliphatic carbocycles. The van der Waals surface area contributed by atoms with E-state index < -0.39 is 17.9 Å². The molecule has 0 spiro atoms. The van der Waals surface area contributed by atoms with Crippen molar-refractivity contribution >= 4 is 29.2 Å². The molecule has 0 unspecified atom stereocenters. The van der Waals surface area contributed by atoms with E-state index in [1.165, 1.54) is 20.3 Å². The fourth-order valence-corrected chi connectivity index (χ4v) is 2.88. The number of carbonyl (C=O) groups is 2. The van der Waals surface area contributed by atoms with Gasteiger partial charge in [0.15, 0.2) is 5.92 Å². The molecule has 130 valence electrons. The first-order chi connectivity index (χ1) is 11.5. The van der Waals surface area contributed by atoms with Crippen LogP contribution in [0.5, 0.6) is 0 Å². The third-order valence-corrected chi connectivity index (χ3v) is 4.05.